The number of aromatic nitrogens is 1. The van der Waals surface area contributed by atoms with E-state index in [1.165, 1.54) is 27.7 Å². The van der Waals surface area contributed by atoms with Gasteiger partial charge in [-0.2, -0.15) is 0 Å². The van der Waals surface area contributed by atoms with E-state index in [1.54, 1.807) is 4.88 Å². The van der Waals surface area contributed by atoms with Crippen LogP contribution in [0, 0.1) is 2.88 Å². The van der Waals surface area contributed by atoms with Crippen LogP contribution in [0.4, 0.5) is 5.69 Å². The summed E-state index contributed by atoms with van der Waals surface area (Å²) in [6, 6.07) is 6.85. The molecule has 1 unspecified atom stereocenters. The highest BCUT2D eigenvalue weighted by Gasteiger charge is 2.22. The highest BCUT2D eigenvalue weighted by atomic mass is 127. The Morgan fingerprint density at radius 2 is 2.41 bits per heavy atom. The first-order valence-electron chi connectivity index (χ1n) is 5.77. The van der Waals surface area contributed by atoms with Gasteiger partial charge in [0.2, 0.25) is 0 Å². The number of hydrogen-bond donors (Lipinski definition) is 1. The van der Waals surface area contributed by atoms with Crippen molar-refractivity contribution in [2.75, 3.05) is 5.32 Å². The minimum Gasteiger partial charge on any atom is -0.377 e. The van der Waals surface area contributed by atoms with E-state index in [1.807, 2.05) is 29.8 Å². The number of nitrogens with one attached hydrogen (secondary N) is 1. The van der Waals surface area contributed by atoms with Crippen molar-refractivity contribution in [3.63, 3.8) is 0 Å². The molecule has 0 saturated heterocycles. The van der Waals surface area contributed by atoms with Crippen molar-refractivity contribution in [1.82, 2.24) is 4.98 Å². The number of fused-ring (bicyclic) bond motifs is 1. The third-order valence-electron chi connectivity index (χ3n) is 3.09. The zero-order valence-electron chi connectivity index (χ0n) is 9.32. The third kappa shape index (κ3) is 2.47. The van der Waals surface area contributed by atoms with Gasteiger partial charge < -0.3 is 5.32 Å². The lowest BCUT2D eigenvalue weighted by atomic mass is 9.94. The molecule has 0 spiro atoms. The molecule has 0 aromatic carbocycles. The van der Waals surface area contributed by atoms with Gasteiger partial charge in [0.15, 0.2) is 0 Å². The molecule has 1 atom stereocenters. The molecule has 0 saturated carbocycles. The molecule has 88 valence electrons. The van der Waals surface area contributed by atoms with E-state index >= 15 is 0 Å². The fourth-order valence-electron chi connectivity index (χ4n) is 2.32. The summed E-state index contributed by atoms with van der Waals surface area (Å²) in [5, 5.41) is 3.59. The lowest BCUT2D eigenvalue weighted by Crippen LogP contribution is -2.15. The lowest BCUT2D eigenvalue weighted by molar-refractivity contribution is 0.608. The topological polar surface area (TPSA) is 24.9 Å². The molecule has 17 heavy (non-hydrogen) atoms. The lowest BCUT2D eigenvalue weighted by Gasteiger charge is -2.24. The molecule has 3 rings (SSSR count). The predicted molar refractivity (Wildman–Crippen MR) is 80.6 cm³/mol. The molecule has 2 heterocycles. The number of hydrogen-bond acceptors (Lipinski definition) is 3. The van der Waals surface area contributed by atoms with Crippen LogP contribution >= 0.6 is 33.9 Å². The molecule has 1 aliphatic rings. The van der Waals surface area contributed by atoms with Crippen molar-refractivity contribution >= 4 is 39.6 Å². The van der Waals surface area contributed by atoms with Crippen LogP contribution in [0.3, 0.4) is 0 Å². The largest absolute Gasteiger partial charge is 0.377 e. The highest BCUT2D eigenvalue weighted by molar-refractivity contribution is 14.1. The van der Waals surface area contributed by atoms with Crippen molar-refractivity contribution in [3.8, 4) is 0 Å². The Kier molecular flexibility index (Phi) is 3.33. The van der Waals surface area contributed by atoms with Gasteiger partial charge in [-0.05, 0) is 65.6 Å². The Morgan fingerprint density at radius 3 is 3.24 bits per heavy atom. The van der Waals surface area contributed by atoms with E-state index in [9.17, 15) is 0 Å². The third-order valence-corrected chi connectivity index (χ3v) is 5.06. The van der Waals surface area contributed by atoms with Crippen LogP contribution in [0.5, 0.6) is 0 Å². The van der Waals surface area contributed by atoms with Gasteiger partial charge in [-0.25, -0.2) is 0 Å². The average Bonchev–Trinajstić information content (AvgIpc) is 2.72. The van der Waals surface area contributed by atoms with E-state index in [0.29, 0.717) is 6.04 Å². The van der Waals surface area contributed by atoms with Crippen LogP contribution in [0.2, 0.25) is 0 Å². The SMILES string of the molecule is Ic1cc2c(s1)CCCC2Nc1cccnc1. The van der Waals surface area contributed by atoms with Gasteiger partial charge >= 0.3 is 0 Å². The summed E-state index contributed by atoms with van der Waals surface area (Å²) in [5.74, 6) is 0. The van der Waals surface area contributed by atoms with Gasteiger partial charge in [-0.1, -0.05) is 0 Å². The minimum atomic E-state index is 0.461. The van der Waals surface area contributed by atoms with Gasteiger partial charge in [-0.3, -0.25) is 4.98 Å². The van der Waals surface area contributed by atoms with E-state index in [4.69, 9.17) is 0 Å². The first-order valence-corrected chi connectivity index (χ1v) is 7.67. The zero-order chi connectivity index (χ0) is 11.7. The molecule has 1 N–H and O–H groups in total. The van der Waals surface area contributed by atoms with Gasteiger partial charge in [-0.15, -0.1) is 11.3 Å². The second kappa shape index (κ2) is 4.94. The van der Waals surface area contributed by atoms with E-state index < -0.39 is 0 Å². The normalized spacial score (nSPS) is 18.8. The number of halogens is 1. The Morgan fingerprint density at radius 1 is 1.47 bits per heavy atom. The molecule has 4 heteroatoms. The Balaban J connectivity index is 1.86. The Hall–Kier alpha value is -0.620. The first kappa shape index (κ1) is 11.5. The smallest absolute Gasteiger partial charge is 0.0660 e. The van der Waals surface area contributed by atoms with Crippen molar-refractivity contribution in [3.05, 3.63) is 43.9 Å². The standard InChI is InChI=1S/C13H13IN2S/c14-13-7-10-11(4-1-5-12(10)17-13)16-9-3-2-6-15-8-9/h2-3,6-8,11,16H,1,4-5H2. The van der Waals surface area contributed by atoms with Gasteiger partial charge in [0.05, 0.1) is 14.6 Å². The highest BCUT2D eigenvalue weighted by Crippen LogP contribution is 2.37. The maximum absolute atomic E-state index is 4.15. The summed E-state index contributed by atoms with van der Waals surface area (Å²) in [7, 11) is 0. The number of rotatable bonds is 2. The summed E-state index contributed by atoms with van der Waals surface area (Å²) < 4.78 is 1.40. The number of pyridine rings is 1. The monoisotopic (exact) mass is 356 g/mol. The Bertz CT molecular complexity index is 509. The predicted octanol–water partition coefficient (Wildman–Crippen LogP) is 4.24. The maximum Gasteiger partial charge on any atom is 0.0660 e. The van der Waals surface area contributed by atoms with E-state index in [-0.39, 0.29) is 0 Å². The zero-order valence-corrected chi connectivity index (χ0v) is 12.3. The molecule has 0 radical (unpaired) electrons. The summed E-state index contributed by atoms with van der Waals surface area (Å²) in [6.45, 7) is 0. The van der Waals surface area contributed by atoms with Crippen LogP contribution in [0.15, 0.2) is 30.6 Å². The summed E-state index contributed by atoms with van der Waals surface area (Å²) in [6.07, 6.45) is 7.45. The fraction of sp³-hybridized carbons (Fsp3) is 0.308. The van der Waals surface area contributed by atoms with Crippen molar-refractivity contribution < 1.29 is 0 Å². The number of thiophene rings is 1. The summed E-state index contributed by atoms with van der Waals surface area (Å²) in [5.41, 5.74) is 2.61. The van der Waals surface area contributed by atoms with E-state index in [2.05, 4.69) is 45.0 Å². The van der Waals surface area contributed by atoms with Crippen LogP contribution in [-0.2, 0) is 6.42 Å². The molecular formula is C13H13IN2S. The second-order valence-electron chi connectivity index (χ2n) is 4.26. The quantitative estimate of drug-likeness (QED) is 0.815. The number of anilines is 1. The molecule has 0 amide bonds. The minimum absolute atomic E-state index is 0.461. The molecule has 0 bridgehead atoms. The first-order chi connectivity index (χ1) is 8.33. The summed E-state index contributed by atoms with van der Waals surface area (Å²) >= 11 is 4.36. The average molecular weight is 356 g/mol. The van der Waals surface area contributed by atoms with Crippen molar-refractivity contribution in [1.29, 1.82) is 0 Å². The maximum atomic E-state index is 4.15. The van der Waals surface area contributed by atoms with Gasteiger partial charge in [0.1, 0.15) is 0 Å². The van der Waals surface area contributed by atoms with Gasteiger partial charge in [0, 0.05) is 17.3 Å². The molecule has 1 aliphatic carbocycles. The summed E-state index contributed by atoms with van der Waals surface area (Å²) in [4.78, 5) is 5.71. The molecule has 2 aromatic heterocycles. The van der Waals surface area contributed by atoms with Crippen molar-refractivity contribution in [2.45, 2.75) is 25.3 Å². The molecule has 0 fully saturated rings. The van der Waals surface area contributed by atoms with Crippen LogP contribution in [0.25, 0.3) is 0 Å². The molecule has 2 nitrogen and oxygen atoms in total. The van der Waals surface area contributed by atoms with Crippen LogP contribution in [0.1, 0.15) is 29.3 Å². The Labute approximate surface area is 119 Å². The number of aryl methyl sites for hydroxylation is 1. The fourth-order valence-corrected chi connectivity index (χ4v) is 4.44. The number of nitrogens with zero attached hydrogens (tertiary/aromatic N) is 1. The van der Waals surface area contributed by atoms with E-state index in [0.717, 1.165) is 5.69 Å². The van der Waals surface area contributed by atoms with Crippen LogP contribution < -0.4 is 5.32 Å². The van der Waals surface area contributed by atoms with Gasteiger partial charge in [0.25, 0.3) is 0 Å². The molecule has 2 aromatic rings. The molecular weight excluding hydrogens is 343 g/mol. The van der Waals surface area contributed by atoms with Crippen LogP contribution in [-0.4, -0.2) is 4.98 Å². The van der Waals surface area contributed by atoms with Crippen molar-refractivity contribution in [2.24, 2.45) is 0 Å². The molecule has 0 aliphatic heterocycles. The second-order valence-corrected chi connectivity index (χ2v) is 7.29.